The number of carbonyl (C=O) groups is 1. The summed E-state index contributed by atoms with van der Waals surface area (Å²) in [6.45, 7) is 11.2. The number of anilines is 3. The smallest absolute Gasteiger partial charge is 0.408 e. The van der Waals surface area contributed by atoms with Crippen LogP contribution >= 0.6 is 11.0 Å². The van der Waals surface area contributed by atoms with Crippen LogP contribution in [-0.4, -0.2) is 50.3 Å². The van der Waals surface area contributed by atoms with E-state index in [0.717, 1.165) is 0 Å². The molecule has 1 aliphatic heterocycles. The number of benzene rings is 2. The molecule has 0 spiro atoms. The van der Waals surface area contributed by atoms with Gasteiger partial charge in [0.25, 0.3) is 0 Å². The van der Waals surface area contributed by atoms with Crippen molar-refractivity contribution in [2.24, 2.45) is 0 Å². The molecule has 2 atom stereocenters. The number of ether oxygens (including phenoxy) is 1. The van der Waals surface area contributed by atoms with Gasteiger partial charge < -0.3 is 15.2 Å². The lowest BCUT2D eigenvalue weighted by atomic mass is 10.1. The summed E-state index contributed by atoms with van der Waals surface area (Å²) in [5.74, 6) is 0. The van der Waals surface area contributed by atoms with Gasteiger partial charge in [-0.15, -0.1) is 0 Å². The van der Waals surface area contributed by atoms with Crippen molar-refractivity contribution in [3.05, 3.63) is 54.6 Å². The molecule has 0 aliphatic carbocycles. The van der Waals surface area contributed by atoms with Crippen molar-refractivity contribution in [3.8, 4) is 0 Å². The molecule has 0 saturated heterocycles. The average Bonchev–Trinajstić information content (AvgIpc) is 2.95. The van der Waals surface area contributed by atoms with Crippen molar-refractivity contribution in [2.45, 2.75) is 71.4 Å². The Morgan fingerprint density at radius 1 is 0.971 bits per heavy atom. The van der Waals surface area contributed by atoms with Crippen molar-refractivity contribution >= 4 is 34.1 Å². The number of fused-ring (bicyclic) bond motifs is 1. The van der Waals surface area contributed by atoms with E-state index in [1.807, 2.05) is 75.4 Å². The Labute approximate surface area is 209 Å². The summed E-state index contributed by atoms with van der Waals surface area (Å²) in [7, 11) is -3.42. The zero-order valence-electron chi connectivity index (χ0n) is 21.2. The highest BCUT2D eigenvalue weighted by molar-refractivity contribution is 8.27. The minimum absolute atomic E-state index is 0.141. The molecule has 9 nitrogen and oxygen atoms in total. The van der Waals surface area contributed by atoms with E-state index in [4.69, 9.17) is 4.74 Å². The number of para-hydroxylation sites is 3. The third-order valence-electron chi connectivity index (χ3n) is 5.17. The summed E-state index contributed by atoms with van der Waals surface area (Å²) in [4.78, 5) is 12.4. The molecule has 194 valence electrons. The van der Waals surface area contributed by atoms with Crippen LogP contribution in [0.2, 0.25) is 0 Å². The first-order valence-electron chi connectivity index (χ1n) is 11.6. The standard InChI is InChI=1S/C25H38N4O5S/c1-24(2,3)27-22(26-23(31)34-25(4,5)6)21(30)16-17-28-19-14-10-11-15-20(19)29(35(28,32)33)18-12-8-7-9-13-18/h7-15,21-22,27,30,32-33H,16-17H2,1-6H3,(H,26,31). The highest BCUT2D eigenvalue weighted by Crippen LogP contribution is 2.64. The maximum atomic E-state index is 12.4. The van der Waals surface area contributed by atoms with Crippen LogP contribution in [0.4, 0.5) is 21.9 Å². The van der Waals surface area contributed by atoms with Gasteiger partial charge in [0.05, 0.1) is 23.2 Å². The molecule has 0 bridgehead atoms. The SMILES string of the molecule is CC(C)(C)NC(NC(=O)OC(C)(C)C)C(O)CCN1c2ccccc2N(c2ccccc2)S1(O)O. The van der Waals surface area contributed by atoms with Crippen molar-refractivity contribution < 1.29 is 23.7 Å². The van der Waals surface area contributed by atoms with Gasteiger partial charge in [-0.2, -0.15) is 0 Å². The molecule has 0 radical (unpaired) electrons. The van der Waals surface area contributed by atoms with Gasteiger partial charge in [-0.05, 0) is 83.2 Å². The fourth-order valence-corrected chi connectivity index (χ4v) is 5.63. The van der Waals surface area contributed by atoms with Crippen molar-refractivity contribution in [3.63, 3.8) is 0 Å². The topological polar surface area (TPSA) is 118 Å². The van der Waals surface area contributed by atoms with Crippen LogP contribution in [-0.2, 0) is 4.74 Å². The minimum Gasteiger partial charge on any atom is -0.444 e. The highest BCUT2D eigenvalue weighted by Gasteiger charge is 2.42. The Morgan fingerprint density at radius 3 is 2.11 bits per heavy atom. The number of aliphatic hydroxyl groups excluding tert-OH is 1. The third kappa shape index (κ3) is 6.80. The predicted molar refractivity (Wildman–Crippen MR) is 142 cm³/mol. The molecule has 2 unspecified atom stereocenters. The van der Waals surface area contributed by atoms with Gasteiger partial charge in [-0.3, -0.25) is 18.7 Å². The fourth-order valence-electron chi connectivity index (χ4n) is 3.84. The molecule has 35 heavy (non-hydrogen) atoms. The fraction of sp³-hybridized carbons (Fsp3) is 0.480. The molecule has 5 N–H and O–H groups in total. The lowest BCUT2D eigenvalue weighted by molar-refractivity contribution is 0.0348. The molecule has 0 fully saturated rings. The zero-order chi connectivity index (χ0) is 26.0. The summed E-state index contributed by atoms with van der Waals surface area (Å²) in [6, 6.07) is 16.5. The van der Waals surface area contributed by atoms with Crippen LogP contribution in [0.1, 0.15) is 48.0 Å². The number of alkyl carbamates (subject to hydrolysis) is 1. The van der Waals surface area contributed by atoms with E-state index in [0.29, 0.717) is 17.1 Å². The number of nitrogens with zero attached hydrogens (tertiary/aromatic N) is 2. The first-order chi connectivity index (χ1) is 16.2. The van der Waals surface area contributed by atoms with Crippen LogP contribution in [0.5, 0.6) is 0 Å². The number of amides is 1. The van der Waals surface area contributed by atoms with E-state index in [9.17, 15) is 19.0 Å². The summed E-state index contributed by atoms with van der Waals surface area (Å²) in [6.07, 6.45) is -2.34. The Balaban J connectivity index is 1.80. The van der Waals surface area contributed by atoms with Gasteiger partial charge in [-0.25, -0.2) is 9.10 Å². The Hall–Kier alpha value is -2.50. The molecule has 1 heterocycles. The zero-order valence-corrected chi connectivity index (χ0v) is 22.0. The van der Waals surface area contributed by atoms with Gasteiger partial charge in [0, 0.05) is 12.1 Å². The summed E-state index contributed by atoms with van der Waals surface area (Å²) < 4.78 is 31.0. The second-order valence-corrected chi connectivity index (χ2v) is 12.4. The summed E-state index contributed by atoms with van der Waals surface area (Å²) in [5.41, 5.74) is 0.891. The Morgan fingerprint density at radius 2 is 1.54 bits per heavy atom. The van der Waals surface area contributed by atoms with E-state index in [2.05, 4.69) is 10.6 Å². The molecular formula is C25H38N4O5S. The summed E-state index contributed by atoms with van der Waals surface area (Å²) in [5, 5.41) is 17.0. The molecule has 1 aliphatic rings. The first-order valence-corrected chi connectivity index (χ1v) is 13.1. The molecule has 0 saturated carbocycles. The first kappa shape index (κ1) is 27.1. The van der Waals surface area contributed by atoms with Crippen molar-refractivity contribution in [1.82, 2.24) is 10.6 Å². The van der Waals surface area contributed by atoms with E-state index < -0.39 is 40.5 Å². The Kier molecular flexibility index (Phi) is 7.93. The quantitative estimate of drug-likeness (QED) is 0.325. The van der Waals surface area contributed by atoms with E-state index in [1.165, 1.54) is 8.61 Å². The normalized spacial score (nSPS) is 18.0. The van der Waals surface area contributed by atoms with Gasteiger partial charge in [0.2, 0.25) is 0 Å². The Bertz CT molecular complexity index is 1010. The number of nitrogens with one attached hydrogen (secondary N) is 2. The molecule has 10 heteroatoms. The minimum atomic E-state index is -3.42. The van der Waals surface area contributed by atoms with Gasteiger partial charge in [0.1, 0.15) is 11.8 Å². The second kappa shape index (κ2) is 10.2. The molecular weight excluding hydrogens is 468 g/mol. The van der Waals surface area contributed by atoms with Gasteiger partial charge >= 0.3 is 6.09 Å². The molecule has 1 amide bonds. The van der Waals surface area contributed by atoms with Crippen LogP contribution < -0.4 is 19.2 Å². The van der Waals surface area contributed by atoms with Crippen LogP contribution in [0.15, 0.2) is 54.6 Å². The van der Waals surface area contributed by atoms with Crippen molar-refractivity contribution in [2.75, 3.05) is 15.2 Å². The predicted octanol–water partition coefficient (Wildman–Crippen LogP) is 5.22. The lowest BCUT2D eigenvalue weighted by Crippen LogP contribution is -2.59. The number of hydrogen-bond donors (Lipinski definition) is 5. The third-order valence-corrected chi connectivity index (χ3v) is 7.04. The maximum absolute atomic E-state index is 12.4. The molecule has 0 aromatic heterocycles. The van der Waals surface area contributed by atoms with Crippen LogP contribution in [0.3, 0.4) is 0 Å². The number of hydrogen-bond acceptors (Lipinski definition) is 8. The number of aliphatic hydroxyl groups is 1. The van der Waals surface area contributed by atoms with Gasteiger partial charge in [-0.1, -0.05) is 30.3 Å². The maximum Gasteiger partial charge on any atom is 0.408 e. The molecule has 3 rings (SSSR count). The monoisotopic (exact) mass is 506 g/mol. The van der Waals surface area contributed by atoms with Gasteiger partial charge in [0.15, 0.2) is 0 Å². The second-order valence-electron chi connectivity index (χ2n) is 10.6. The lowest BCUT2D eigenvalue weighted by Gasteiger charge is -2.44. The number of rotatable bonds is 7. The van der Waals surface area contributed by atoms with Crippen LogP contribution in [0.25, 0.3) is 0 Å². The summed E-state index contributed by atoms with van der Waals surface area (Å²) >= 11 is 0. The average molecular weight is 507 g/mol. The van der Waals surface area contributed by atoms with E-state index in [-0.39, 0.29) is 13.0 Å². The van der Waals surface area contributed by atoms with E-state index >= 15 is 0 Å². The van der Waals surface area contributed by atoms with Crippen LogP contribution in [0, 0.1) is 0 Å². The largest absolute Gasteiger partial charge is 0.444 e. The molecule has 2 aromatic carbocycles. The number of carbonyl (C=O) groups excluding carboxylic acids is 1. The molecule has 2 aromatic rings. The highest BCUT2D eigenvalue weighted by atomic mass is 32.3. The van der Waals surface area contributed by atoms with E-state index in [1.54, 1.807) is 20.8 Å². The van der Waals surface area contributed by atoms with Crippen molar-refractivity contribution in [1.29, 1.82) is 0 Å².